The molecule has 0 unspecified atom stereocenters. The van der Waals surface area contributed by atoms with Crippen LogP contribution in [0.3, 0.4) is 0 Å². The normalized spacial score (nSPS) is 16.2. The fourth-order valence-corrected chi connectivity index (χ4v) is 10.2. The van der Waals surface area contributed by atoms with Crippen molar-refractivity contribution in [2.75, 3.05) is 12.5 Å². The minimum absolute atomic E-state index is 1.05. The lowest BCUT2D eigenvalue weighted by molar-refractivity contribution is 1.26. The zero-order chi connectivity index (χ0) is 18.7. The Morgan fingerprint density at radius 1 is 0.808 bits per heavy atom. The second-order valence-corrected chi connectivity index (χ2v) is 17.9. The Morgan fingerprint density at radius 2 is 1.42 bits per heavy atom. The number of rotatable bonds is 2. The minimum Gasteiger partial charge on any atom is -0.121 e. The zero-order valence-corrected chi connectivity index (χ0v) is 21.1. The van der Waals surface area contributed by atoms with Crippen molar-refractivity contribution in [1.82, 2.24) is 0 Å². The van der Waals surface area contributed by atoms with Crippen molar-refractivity contribution in [1.29, 1.82) is 0 Å². The summed E-state index contributed by atoms with van der Waals surface area (Å²) < 4.78 is 5.66. The van der Waals surface area contributed by atoms with Crippen LogP contribution < -0.4 is 0 Å². The summed E-state index contributed by atoms with van der Waals surface area (Å²) >= 11 is 11.3. The van der Waals surface area contributed by atoms with Gasteiger partial charge in [-0.2, -0.15) is 0 Å². The standard InChI is InChI=1S/C19H18S6Si/c1-20-16-17(21-2)25-19(24-16)18-22-14-10-9-13(12-15(14)23-18)8-6-7-11-26(3,4)5/h9-10,12H,1-5H3. The van der Waals surface area contributed by atoms with Gasteiger partial charge in [0.25, 0.3) is 0 Å². The molecular weight excluding hydrogens is 449 g/mol. The number of benzene rings is 1. The van der Waals surface area contributed by atoms with Crippen LogP contribution in [0.25, 0.3) is 0 Å². The van der Waals surface area contributed by atoms with E-state index in [9.17, 15) is 0 Å². The van der Waals surface area contributed by atoms with Crippen LogP contribution in [0.4, 0.5) is 0 Å². The van der Waals surface area contributed by atoms with Gasteiger partial charge in [-0.1, -0.05) is 72.6 Å². The third-order valence-electron chi connectivity index (χ3n) is 3.13. The molecule has 0 radical (unpaired) electrons. The van der Waals surface area contributed by atoms with Crippen LogP contribution in [-0.4, -0.2) is 20.6 Å². The van der Waals surface area contributed by atoms with Crippen molar-refractivity contribution in [3.63, 3.8) is 0 Å². The first-order valence-electron chi connectivity index (χ1n) is 7.85. The highest BCUT2D eigenvalue weighted by atomic mass is 32.3. The van der Waals surface area contributed by atoms with Crippen LogP contribution in [-0.2, 0) is 0 Å². The van der Waals surface area contributed by atoms with Crippen molar-refractivity contribution in [3.05, 3.63) is 40.7 Å². The van der Waals surface area contributed by atoms with E-state index in [-0.39, 0.29) is 0 Å². The summed E-state index contributed by atoms with van der Waals surface area (Å²) in [6, 6.07) is 6.50. The fourth-order valence-electron chi connectivity index (χ4n) is 1.98. The predicted molar refractivity (Wildman–Crippen MR) is 132 cm³/mol. The first-order valence-corrected chi connectivity index (χ1v) is 17.1. The third-order valence-corrected chi connectivity index (χ3v) is 12.3. The average molecular weight is 467 g/mol. The summed E-state index contributed by atoms with van der Waals surface area (Å²) in [5.74, 6) is 9.25. The largest absolute Gasteiger partial charge is 0.130 e. The Balaban J connectivity index is 1.76. The molecule has 0 fully saturated rings. The highest BCUT2D eigenvalue weighted by Crippen LogP contribution is 2.63. The Labute approximate surface area is 183 Å². The molecular formula is C19H18S6Si. The Hall–Kier alpha value is 0.137. The lowest BCUT2D eigenvalue weighted by atomic mass is 10.2. The van der Waals surface area contributed by atoms with Crippen LogP contribution in [0.2, 0.25) is 19.6 Å². The molecule has 7 heteroatoms. The van der Waals surface area contributed by atoms with E-state index in [1.807, 2.05) is 70.6 Å². The Kier molecular flexibility index (Phi) is 7.29. The molecule has 3 rings (SSSR count). The van der Waals surface area contributed by atoms with E-state index in [2.05, 4.69) is 73.7 Å². The van der Waals surface area contributed by atoms with Gasteiger partial charge in [-0.15, -0.1) is 29.1 Å². The summed E-state index contributed by atoms with van der Waals surface area (Å²) in [6.45, 7) is 6.70. The molecule has 0 nitrogen and oxygen atoms in total. The molecule has 0 spiro atoms. The van der Waals surface area contributed by atoms with Crippen LogP contribution in [0.5, 0.6) is 0 Å². The summed E-state index contributed by atoms with van der Waals surface area (Å²) in [6.07, 6.45) is 4.32. The summed E-state index contributed by atoms with van der Waals surface area (Å²) in [4.78, 5) is 2.65. The monoisotopic (exact) mass is 466 g/mol. The lowest BCUT2D eigenvalue weighted by Gasteiger charge is -2.01. The molecule has 2 heterocycles. The van der Waals surface area contributed by atoms with Crippen molar-refractivity contribution in [2.45, 2.75) is 29.4 Å². The number of hydrogen-bond donors (Lipinski definition) is 0. The predicted octanol–water partition coefficient (Wildman–Crippen LogP) is 7.58. The Bertz CT molecular complexity index is 897. The molecule has 0 amide bonds. The molecule has 134 valence electrons. The van der Waals surface area contributed by atoms with Gasteiger partial charge in [0.1, 0.15) is 8.07 Å². The summed E-state index contributed by atoms with van der Waals surface area (Å²) in [5, 5.41) is 0. The van der Waals surface area contributed by atoms with E-state index in [1.165, 1.54) is 26.7 Å². The van der Waals surface area contributed by atoms with Gasteiger partial charge < -0.3 is 0 Å². The molecule has 0 aromatic heterocycles. The van der Waals surface area contributed by atoms with Crippen molar-refractivity contribution >= 4 is 78.6 Å². The first-order chi connectivity index (χ1) is 12.4. The molecule has 26 heavy (non-hydrogen) atoms. The molecule has 0 N–H and O–H groups in total. The number of hydrogen-bond acceptors (Lipinski definition) is 6. The number of fused-ring (bicyclic) bond motifs is 1. The van der Waals surface area contributed by atoms with Gasteiger partial charge in [0, 0.05) is 15.4 Å². The van der Waals surface area contributed by atoms with Gasteiger partial charge >= 0.3 is 0 Å². The summed E-state index contributed by atoms with van der Waals surface area (Å²) in [5.41, 5.74) is 4.34. The van der Waals surface area contributed by atoms with Crippen LogP contribution in [0, 0.1) is 23.3 Å². The highest BCUT2D eigenvalue weighted by molar-refractivity contribution is 8.41. The van der Waals surface area contributed by atoms with Crippen molar-refractivity contribution < 1.29 is 0 Å². The quantitative estimate of drug-likeness (QED) is 0.323. The van der Waals surface area contributed by atoms with Gasteiger partial charge in [-0.25, -0.2) is 0 Å². The lowest BCUT2D eigenvalue weighted by Crippen LogP contribution is -2.16. The zero-order valence-electron chi connectivity index (χ0n) is 15.2. The maximum atomic E-state index is 3.29. The maximum absolute atomic E-state index is 3.29. The van der Waals surface area contributed by atoms with Crippen molar-refractivity contribution in [2.24, 2.45) is 0 Å². The van der Waals surface area contributed by atoms with Crippen LogP contribution in [0.15, 0.2) is 44.9 Å². The molecule has 1 aromatic rings. The van der Waals surface area contributed by atoms with Gasteiger partial charge in [0.05, 0.1) is 16.9 Å². The molecule has 0 atom stereocenters. The second kappa shape index (κ2) is 9.09. The molecule has 2 aliphatic heterocycles. The number of thioether (sulfide) groups is 6. The molecule has 2 aliphatic rings. The van der Waals surface area contributed by atoms with Crippen molar-refractivity contribution in [3.8, 4) is 23.3 Å². The van der Waals surface area contributed by atoms with E-state index in [0.29, 0.717) is 0 Å². The first kappa shape index (κ1) is 20.9. The van der Waals surface area contributed by atoms with Crippen LogP contribution in [0.1, 0.15) is 5.56 Å². The topological polar surface area (TPSA) is 0 Å². The van der Waals surface area contributed by atoms with E-state index in [4.69, 9.17) is 0 Å². The summed E-state index contributed by atoms with van der Waals surface area (Å²) in [7, 11) is -1.34. The fraction of sp³-hybridized carbons (Fsp3) is 0.263. The van der Waals surface area contributed by atoms with E-state index in [1.54, 1.807) is 0 Å². The SMILES string of the molecule is CSC1=C(SC)SC(=C2Sc3ccc(C#CC#C[Si](C)(C)C)cc3S2)S1. The van der Waals surface area contributed by atoms with E-state index >= 15 is 0 Å². The highest BCUT2D eigenvalue weighted by Gasteiger charge is 2.28. The molecule has 1 aromatic carbocycles. The van der Waals surface area contributed by atoms with E-state index < -0.39 is 8.07 Å². The van der Waals surface area contributed by atoms with Gasteiger partial charge in [0.2, 0.25) is 0 Å². The van der Waals surface area contributed by atoms with Gasteiger partial charge in [-0.3, -0.25) is 0 Å². The third kappa shape index (κ3) is 5.35. The smallest absolute Gasteiger partial charge is 0.121 e. The molecule has 0 saturated carbocycles. The molecule has 0 bridgehead atoms. The van der Waals surface area contributed by atoms with Gasteiger partial charge in [-0.05, 0) is 42.6 Å². The minimum atomic E-state index is -1.34. The van der Waals surface area contributed by atoms with Gasteiger partial charge in [0.15, 0.2) is 0 Å². The molecule has 0 aliphatic carbocycles. The Morgan fingerprint density at radius 3 is 2.04 bits per heavy atom. The second-order valence-electron chi connectivity index (χ2n) is 6.38. The molecule has 0 saturated heterocycles. The van der Waals surface area contributed by atoms with E-state index in [0.717, 1.165) is 5.56 Å². The average Bonchev–Trinajstić information content (AvgIpc) is 3.20. The van der Waals surface area contributed by atoms with Crippen LogP contribution >= 0.6 is 70.6 Å². The maximum Gasteiger partial charge on any atom is 0.130 e.